The van der Waals surface area contributed by atoms with E-state index in [0.29, 0.717) is 19.0 Å². The van der Waals surface area contributed by atoms with Gasteiger partial charge in [-0.2, -0.15) is 0 Å². The molecule has 4 nitrogen and oxygen atoms in total. The van der Waals surface area contributed by atoms with Crippen LogP contribution in [0.4, 0.5) is 0 Å². The molecule has 0 aliphatic rings. The second-order valence-corrected chi connectivity index (χ2v) is 5.73. The number of hydrogen-bond acceptors (Lipinski definition) is 3. The molecular weight excluding hydrogens is 228 g/mol. The third-order valence-electron chi connectivity index (χ3n) is 2.20. The van der Waals surface area contributed by atoms with Crippen LogP contribution in [0.3, 0.4) is 0 Å². The van der Waals surface area contributed by atoms with E-state index in [9.17, 15) is 9.00 Å². The highest BCUT2D eigenvalue weighted by molar-refractivity contribution is 7.86. The SMILES string of the molecule is CCCCOCCS(=O)C(C(=O)O)C(C)C. The molecule has 0 saturated heterocycles. The molecule has 96 valence electrons. The lowest BCUT2D eigenvalue weighted by atomic mass is 10.1. The first-order valence-electron chi connectivity index (χ1n) is 5.68. The molecule has 0 amide bonds. The number of ether oxygens (including phenoxy) is 1. The Labute approximate surface area is 99.8 Å². The van der Waals surface area contributed by atoms with Crippen molar-refractivity contribution in [3.63, 3.8) is 0 Å². The van der Waals surface area contributed by atoms with Gasteiger partial charge in [-0.15, -0.1) is 0 Å². The normalized spacial score (nSPS) is 15.0. The molecule has 0 rings (SSSR count). The number of hydrogen-bond donors (Lipinski definition) is 1. The highest BCUT2D eigenvalue weighted by atomic mass is 32.2. The van der Waals surface area contributed by atoms with Gasteiger partial charge < -0.3 is 9.84 Å². The Morgan fingerprint density at radius 2 is 2.00 bits per heavy atom. The summed E-state index contributed by atoms with van der Waals surface area (Å²) < 4.78 is 17.0. The van der Waals surface area contributed by atoms with Crippen LogP contribution in [0.25, 0.3) is 0 Å². The van der Waals surface area contributed by atoms with Crippen LogP contribution < -0.4 is 0 Å². The van der Waals surface area contributed by atoms with E-state index in [2.05, 4.69) is 6.92 Å². The van der Waals surface area contributed by atoms with Gasteiger partial charge in [-0.25, -0.2) is 0 Å². The van der Waals surface area contributed by atoms with Gasteiger partial charge in [0.25, 0.3) is 0 Å². The van der Waals surface area contributed by atoms with Crippen LogP contribution in [-0.2, 0) is 20.3 Å². The van der Waals surface area contributed by atoms with Gasteiger partial charge in [0.2, 0.25) is 0 Å². The predicted octanol–water partition coefficient (Wildman–Crippen LogP) is 1.66. The monoisotopic (exact) mass is 250 g/mol. The van der Waals surface area contributed by atoms with Crippen molar-refractivity contribution in [2.45, 2.75) is 38.9 Å². The van der Waals surface area contributed by atoms with Gasteiger partial charge in [0.1, 0.15) is 5.25 Å². The van der Waals surface area contributed by atoms with Gasteiger partial charge in [0, 0.05) is 23.2 Å². The summed E-state index contributed by atoms with van der Waals surface area (Å²) in [6.45, 7) is 6.65. The lowest BCUT2D eigenvalue weighted by Gasteiger charge is -2.15. The van der Waals surface area contributed by atoms with Crippen LogP contribution in [0.15, 0.2) is 0 Å². The molecule has 0 spiro atoms. The van der Waals surface area contributed by atoms with E-state index in [4.69, 9.17) is 9.84 Å². The fourth-order valence-corrected chi connectivity index (χ4v) is 2.69. The topological polar surface area (TPSA) is 63.6 Å². The van der Waals surface area contributed by atoms with Crippen molar-refractivity contribution in [3.05, 3.63) is 0 Å². The van der Waals surface area contributed by atoms with Crippen LogP contribution in [0.5, 0.6) is 0 Å². The average Bonchev–Trinajstić information content (AvgIpc) is 2.16. The quantitative estimate of drug-likeness (QED) is 0.632. The molecule has 0 radical (unpaired) electrons. The highest BCUT2D eigenvalue weighted by Crippen LogP contribution is 2.10. The zero-order valence-electron chi connectivity index (χ0n) is 10.3. The minimum atomic E-state index is -1.35. The number of carboxylic acids is 1. The molecule has 5 heteroatoms. The molecule has 16 heavy (non-hydrogen) atoms. The first kappa shape index (κ1) is 15.6. The van der Waals surface area contributed by atoms with E-state index in [1.807, 2.05) is 0 Å². The van der Waals surface area contributed by atoms with Gasteiger partial charge in [0.15, 0.2) is 0 Å². The van der Waals surface area contributed by atoms with Crippen LogP contribution in [0.1, 0.15) is 33.6 Å². The van der Waals surface area contributed by atoms with Crippen molar-refractivity contribution in [2.75, 3.05) is 19.0 Å². The number of unbranched alkanes of at least 4 members (excludes halogenated alkanes) is 1. The van der Waals surface area contributed by atoms with E-state index < -0.39 is 22.0 Å². The molecule has 0 aliphatic carbocycles. The maximum Gasteiger partial charge on any atom is 0.319 e. The smallest absolute Gasteiger partial charge is 0.319 e. The van der Waals surface area contributed by atoms with Crippen molar-refractivity contribution < 1.29 is 18.8 Å². The van der Waals surface area contributed by atoms with E-state index in [1.165, 1.54) is 0 Å². The molecule has 0 aromatic carbocycles. The highest BCUT2D eigenvalue weighted by Gasteiger charge is 2.27. The minimum Gasteiger partial charge on any atom is -0.480 e. The van der Waals surface area contributed by atoms with Crippen molar-refractivity contribution in [3.8, 4) is 0 Å². The molecule has 0 saturated carbocycles. The fourth-order valence-electron chi connectivity index (χ4n) is 1.32. The molecule has 2 unspecified atom stereocenters. The summed E-state index contributed by atoms with van der Waals surface area (Å²) in [4.78, 5) is 10.9. The summed E-state index contributed by atoms with van der Waals surface area (Å²) in [6.07, 6.45) is 2.05. The summed E-state index contributed by atoms with van der Waals surface area (Å²) in [7, 11) is -1.35. The van der Waals surface area contributed by atoms with E-state index >= 15 is 0 Å². The zero-order valence-corrected chi connectivity index (χ0v) is 11.1. The second kappa shape index (κ2) is 8.70. The van der Waals surface area contributed by atoms with E-state index in [1.54, 1.807) is 13.8 Å². The summed E-state index contributed by atoms with van der Waals surface area (Å²) in [6, 6.07) is 0. The summed E-state index contributed by atoms with van der Waals surface area (Å²) in [5, 5.41) is 8.14. The second-order valence-electron chi connectivity index (χ2n) is 4.05. The van der Waals surface area contributed by atoms with Crippen molar-refractivity contribution in [1.29, 1.82) is 0 Å². The Balaban J connectivity index is 3.89. The Morgan fingerprint density at radius 3 is 2.44 bits per heavy atom. The van der Waals surface area contributed by atoms with Crippen molar-refractivity contribution in [2.24, 2.45) is 5.92 Å². The first-order chi connectivity index (χ1) is 7.50. The standard InChI is InChI=1S/C11H22O4S/c1-4-5-6-15-7-8-16(14)10(9(2)3)11(12)13/h9-10H,4-8H2,1-3H3,(H,12,13). The average molecular weight is 250 g/mol. The van der Waals surface area contributed by atoms with Gasteiger partial charge in [-0.1, -0.05) is 27.2 Å². The molecule has 0 aromatic heterocycles. The van der Waals surface area contributed by atoms with Crippen molar-refractivity contribution >= 4 is 16.8 Å². The maximum absolute atomic E-state index is 11.7. The Hall–Kier alpha value is -0.420. The third kappa shape index (κ3) is 6.23. The van der Waals surface area contributed by atoms with Crippen LogP contribution in [-0.4, -0.2) is 39.5 Å². The van der Waals surface area contributed by atoms with Crippen LogP contribution >= 0.6 is 0 Å². The lowest BCUT2D eigenvalue weighted by molar-refractivity contribution is -0.137. The Bertz CT molecular complexity index is 228. The van der Waals surface area contributed by atoms with Crippen LogP contribution in [0, 0.1) is 5.92 Å². The molecule has 0 fully saturated rings. The predicted molar refractivity (Wildman–Crippen MR) is 65.0 cm³/mol. The van der Waals surface area contributed by atoms with Crippen molar-refractivity contribution in [1.82, 2.24) is 0 Å². The summed E-state index contributed by atoms with van der Waals surface area (Å²) in [5.41, 5.74) is 0. The molecular formula is C11H22O4S. The minimum absolute atomic E-state index is 0.117. The number of carbonyl (C=O) groups is 1. The first-order valence-corrected chi connectivity index (χ1v) is 7.06. The molecule has 0 aromatic rings. The summed E-state index contributed by atoms with van der Waals surface area (Å²) >= 11 is 0. The van der Waals surface area contributed by atoms with Gasteiger partial charge in [-0.05, 0) is 12.3 Å². The maximum atomic E-state index is 11.7. The van der Waals surface area contributed by atoms with E-state index in [-0.39, 0.29) is 5.92 Å². The van der Waals surface area contributed by atoms with Gasteiger partial charge >= 0.3 is 5.97 Å². The molecule has 0 heterocycles. The zero-order chi connectivity index (χ0) is 12.6. The number of aliphatic carboxylic acids is 1. The molecule has 0 bridgehead atoms. The van der Waals surface area contributed by atoms with Gasteiger partial charge in [0.05, 0.1) is 6.61 Å². The molecule has 2 atom stereocenters. The largest absolute Gasteiger partial charge is 0.480 e. The van der Waals surface area contributed by atoms with Crippen LogP contribution in [0.2, 0.25) is 0 Å². The Kier molecular flexibility index (Phi) is 8.47. The number of carboxylic acid groups (broad SMARTS) is 1. The van der Waals surface area contributed by atoms with E-state index in [0.717, 1.165) is 12.8 Å². The molecule has 1 N–H and O–H groups in total. The number of rotatable bonds is 9. The lowest BCUT2D eigenvalue weighted by Crippen LogP contribution is -2.33. The third-order valence-corrected chi connectivity index (χ3v) is 4.08. The molecule has 0 aliphatic heterocycles. The Morgan fingerprint density at radius 1 is 1.38 bits per heavy atom. The summed E-state index contributed by atoms with van der Waals surface area (Å²) in [5.74, 6) is -0.797. The van der Waals surface area contributed by atoms with Gasteiger partial charge in [-0.3, -0.25) is 9.00 Å². The fraction of sp³-hybridized carbons (Fsp3) is 0.909.